The van der Waals surface area contributed by atoms with E-state index in [1.165, 1.54) is 27.7 Å². The minimum Gasteiger partial charge on any atom is -0.476 e. The zero-order chi connectivity index (χ0) is 15.2. The lowest BCUT2D eigenvalue weighted by Gasteiger charge is -2.41. The SMILES string of the molecule is O=C(O)c1csc(C2(c3cccc4ccccc34)CCC2)n1. The number of carboxylic acids is 1. The summed E-state index contributed by atoms with van der Waals surface area (Å²) in [6.45, 7) is 0. The second kappa shape index (κ2) is 4.92. The standard InChI is InChI=1S/C18H15NO2S/c20-16(21)15-11-22-17(19-15)18(9-4-10-18)14-8-3-6-12-5-1-2-7-13(12)14/h1-3,5-8,11H,4,9-10H2,(H,20,21). The molecule has 0 radical (unpaired) electrons. The van der Waals surface area contributed by atoms with Crippen molar-refractivity contribution in [2.75, 3.05) is 0 Å². The zero-order valence-corrected chi connectivity index (χ0v) is 12.8. The minimum absolute atomic E-state index is 0.112. The quantitative estimate of drug-likeness (QED) is 0.777. The summed E-state index contributed by atoms with van der Waals surface area (Å²) in [7, 11) is 0. The summed E-state index contributed by atoms with van der Waals surface area (Å²) in [6, 6.07) is 14.8. The van der Waals surface area contributed by atoms with Crippen LogP contribution in [0.1, 0.15) is 40.3 Å². The molecular formula is C18H15NO2S. The molecule has 0 amide bonds. The van der Waals surface area contributed by atoms with Crippen LogP contribution in [-0.2, 0) is 5.41 Å². The number of fused-ring (bicyclic) bond motifs is 1. The third-order valence-corrected chi connectivity index (χ3v) is 5.69. The first-order valence-corrected chi connectivity index (χ1v) is 8.26. The average Bonchev–Trinajstić information content (AvgIpc) is 2.97. The summed E-state index contributed by atoms with van der Waals surface area (Å²) in [5.74, 6) is -0.949. The number of hydrogen-bond acceptors (Lipinski definition) is 3. The number of rotatable bonds is 3. The van der Waals surface area contributed by atoms with E-state index in [4.69, 9.17) is 5.11 Å². The van der Waals surface area contributed by atoms with Crippen molar-refractivity contribution >= 4 is 28.1 Å². The molecule has 2 aromatic carbocycles. The number of carbonyl (C=O) groups is 1. The summed E-state index contributed by atoms with van der Waals surface area (Å²) < 4.78 is 0. The van der Waals surface area contributed by atoms with Crippen LogP contribution in [0.25, 0.3) is 10.8 Å². The molecule has 0 spiro atoms. The lowest BCUT2D eigenvalue weighted by atomic mass is 9.64. The average molecular weight is 309 g/mol. The molecule has 0 saturated heterocycles. The fraction of sp³-hybridized carbons (Fsp3) is 0.222. The van der Waals surface area contributed by atoms with E-state index in [1.807, 2.05) is 6.07 Å². The Morgan fingerprint density at radius 2 is 1.91 bits per heavy atom. The molecule has 110 valence electrons. The highest BCUT2D eigenvalue weighted by Crippen LogP contribution is 2.51. The Labute approximate surface area is 132 Å². The van der Waals surface area contributed by atoms with Gasteiger partial charge in [-0.05, 0) is 29.2 Å². The van der Waals surface area contributed by atoms with Crippen LogP contribution >= 0.6 is 11.3 Å². The van der Waals surface area contributed by atoms with Gasteiger partial charge in [0.2, 0.25) is 0 Å². The van der Waals surface area contributed by atoms with Crippen molar-refractivity contribution in [2.45, 2.75) is 24.7 Å². The molecule has 1 aliphatic carbocycles. The Morgan fingerprint density at radius 1 is 1.14 bits per heavy atom. The lowest BCUT2D eigenvalue weighted by Crippen LogP contribution is -2.35. The summed E-state index contributed by atoms with van der Waals surface area (Å²) in [6.07, 6.45) is 3.23. The molecule has 1 aromatic heterocycles. The highest BCUT2D eigenvalue weighted by molar-refractivity contribution is 7.10. The third-order valence-electron chi connectivity index (χ3n) is 4.64. The minimum atomic E-state index is -0.949. The second-order valence-electron chi connectivity index (χ2n) is 5.81. The molecule has 3 nitrogen and oxygen atoms in total. The number of carboxylic acid groups (broad SMARTS) is 1. The van der Waals surface area contributed by atoms with E-state index in [0.29, 0.717) is 0 Å². The van der Waals surface area contributed by atoms with Crippen LogP contribution in [0.4, 0.5) is 0 Å². The van der Waals surface area contributed by atoms with Gasteiger partial charge in [0.1, 0.15) is 5.01 Å². The number of aromatic nitrogens is 1. The molecule has 0 unspecified atom stereocenters. The molecular weight excluding hydrogens is 294 g/mol. The fourth-order valence-corrected chi connectivity index (χ4v) is 4.43. The summed E-state index contributed by atoms with van der Waals surface area (Å²) >= 11 is 1.47. The molecule has 3 aromatic rings. The predicted octanol–water partition coefficient (Wildman–Crippen LogP) is 4.46. The van der Waals surface area contributed by atoms with Crippen LogP contribution in [0.5, 0.6) is 0 Å². The van der Waals surface area contributed by atoms with Gasteiger partial charge in [0, 0.05) is 10.8 Å². The molecule has 4 rings (SSSR count). The van der Waals surface area contributed by atoms with Crippen molar-refractivity contribution in [3.8, 4) is 0 Å². The van der Waals surface area contributed by atoms with E-state index >= 15 is 0 Å². The smallest absolute Gasteiger partial charge is 0.355 e. The maximum Gasteiger partial charge on any atom is 0.355 e. The van der Waals surface area contributed by atoms with Crippen molar-refractivity contribution in [3.05, 3.63) is 64.1 Å². The zero-order valence-electron chi connectivity index (χ0n) is 12.0. The van der Waals surface area contributed by atoms with Crippen molar-refractivity contribution in [2.24, 2.45) is 0 Å². The number of nitrogens with zero attached hydrogens (tertiary/aromatic N) is 1. The molecule has 22 heavy (non-hydrogen) atoms. The van der Waals surface area contributed by atoms with Crippen LogP contribution in [0, 0.1) is 0 Å². The molecule has 1 heterocycles. The van der Waals surface area contributed by atoms with E-state index in [-0.39, 0.29) is 11.1 Å². The van der Waals surface area contributed by atoms with E-state index in [2.05, 4.69) is 41.4 Å². The van der Waals surface area contributed by atoms with Gasteiger partial charge in [-0.1, -0.05) is 48.9 Å². The second-order valence-corrected chi connectivity index (χ2v) is 6.66. The molecule has 0 atom stereocenters. The van der Waals surface area contributed by atoms with Gasteiger partial charge >= 0.3 is 5.97 Å². The molecule has 1 N–H and O–H groups in total. The van der Waals surface area contributed by atoms with Crippen LogP contribution in [0.15, 0.2) is 47.8 Å². The van der Waals surface area contributed by atoms with Crippen LogP contribution in [0.3, 0.4) is 0 Å². The van der Waals surface area contributed by atoms with Gasteiger partial charge in [-0.3, -0.25) is 0 Å². The Kier molecular flexibility index (Phi) is 3.01. The fourth-order valence-electron chi connectivity index (χ4n) is 3.36. The predicted molar refractivity (Wildman–Crippen MR) is 87.7 cm³/mol. The van der Waals surface area contributed by atoms with Crippen molar-refractivity contribution < 1.29 is 9.90 Å². The largest absolute Gasteiger partial charge is 0.476 e. The summed E-state index contributed by atoms with van der Waals surface area (Å²) in [5.41, 5.74) is 1.33. The first-order valence-electron chi connectivity index (χ1n) is 7.38. The first-order chi connectivity index (χ1) is 10.7. The lowest BCUT2D eigenvalue weighted by molar-refractivity contribution is 0.0691. The monoisotopic (exact) mass is 309 g/mol. The highest BCUT2D eigenvalue weighted by Gasteiger charge is 2.44. The Balaban J connectivity index is 1.91. The summed E-state index contributed by atoms with van der Waals surface area (Å²) in [4.78, 5) is 15.5. The van der Waals surface area contributed by atoms with E-state index in [0.717, 1.165) is 24.3 Å². The Morgan fingerprint density at radius 3 is 2.59 bits per heavy atom. The van der Waals surface area contributed by atoms with Gasteiger partial charge in [-0.15, -0.1) is 11.3 Å². The normalized spacial score (nSPS) is 16.4. The van der Waals surface area contributed by atoms with Crippen molar-refractivity contribution in [1.29, 1.82) is 0 Å². The molecule has 1 aliphatic rings. The molecule has 1 fully saturated rings. The van der Waals surface area contributed by atoms with Gasteiger partial charge < -0.3 is 5.11 Å². The Hall–Kier alpha value is -2.20. The van der Waals surface area contributed by atoms with Crippen molar-refractivity contribution in [1.82, 2.24) is 4.98 Å². The molecule has 0 aliphatic heterocycles. The molecule has 0 bridgehead atoms. The first kappa shape index (κ1) is 13.5. The topological polar surface area (TPSA) is 50.2 Å². The number of aromatic carboxylic acids is 1. The van der Waals surface area contributed by atoms with Gasteiger partial charge in [-0.25, -0.2) is 9.78 Å². The highest BCUT2D eigenvalue weighted by atomic mass is 32.1. The van der Waals surface area contributed by atoms with Crippen LogP contribution in [-0.4, -0.2) is 16.1 Å². The number of benzene rings is 2. The van der Waals surface area contributed by atoms with Gasteiger partial charge in [0.05, 0.1) is 0 Å². The third kappa shape index (κ3) is 1.87. The Bertz CT molecular complexity index is 859. The van der Waals surface area contributed by atoms with E-state index in [1.54, 1.807) is 5.38 Å². The van der Waals surface area contributed by atoms with E-state index in [9.17, 15) is 4.79 Å². The van der Waals surface area contributed by atoms with Gasteiger partial charge in [0.25, 0.3) is 0 Å². The van der Waals surface area contributed by atoms with Crippen LogP contribution < -0.4 is 0 Å². The maximum absolute atomic E-state index is 11.1. The summed E-state index contributed by atoms with van der Waals surface area (Å²) in [5, 5.41) is 14.2. The van der Waals surface area contributed by atoms with Gasteiger partial charge in [-0.2, -0.15) is 0 Å². The molecule has 4 heteroatoms. The van der Waals surface area contributed by atoms with Gasteiger partial charge in [0.15, 0.2) is 5.69 Å². The van der Waals surface area contributed by atoms with Crippen LogP contribution in [0.2, 0.25) is 0 Å². The number of hydrogen-bond donors (Lipinski definition) is 1. The van der Waals surface area contributed by atoms with E-state index < -0.39 is 5.97 Å². The van der Waals surface area contributed by atoms with Crippen molar-refractivity contribution in [3.63, 3.8) is 0 Å². The number of thiazole rings is 1. The maximum atomic E-state index is 11.1. The molecule has 1 saturated carbocycles.